The van der Waals surface area contributed by atoms with Crippen molar-refractivity contribution in [3.05, 3.63) is 107 Å². The van der Waals surface area contributed by atoms with Gasteiger partial charge >= 0.3 is 28.7 Å². The Kier molecular flexibility index (Phi) is 11.6. The summed E-state index contributed by atoms with van der Waals surface area (Å²) in [6.07, 6.45) is -8.66. The van der Waals surface area contributed by atoms with Crippen LogP contribution < -0.4 is 10.0 Å². The number of ether oxygens (including phenoxy) is 1. The molecular weight excluding hydrogens is 652 g/mol. The third-order valence-electron chi connectivity index (χ3n) is 7.77. The predicted octanol–water partition coefficient (Wildman–Crippen LogP) is 6.93. The number of alkyl carbamates (subject to hydrolysis) is 1. The lowest BCUT2D eigenvalue weighted by Crippen LogP contribution is -2.45. The molecule has 0 saturated heterocycles. The normalized spacial score (nSPS) is 17.3. The molecule has 0 heterocycles. The zero-order chi connectivity index (χ0) is 34.2. The lowest BCUT2D eigenvalue weighted by Gasteiger charge is -2.32. The number of amides is 2. The molecule has 3 aromatic carbocycles. The maximum Gasteiger partial charge on any atom is 0.416 e. The second kappa shape index (κ2) is 15.2. The molecule has 0 aliphatic heterocycles. The van der Waals surface area contributed by atoms with E-state index in [0.717, 1.165) is 9.87 Å². The Balaban J connectivity index is 1.40. The number of alkyl halides is 6. The largest absolute Gasteiger partial charge is 0.449 e. The number of halogens is 6. The first-order valence-corrected chi connectivity index (χ1v) is 16.1. The summed E-state index contributed by atoms with van der Waals surface area (Å²) in [5, 5.41) is 2.68. The molecule has 2 amide bonds. The molecule has 0 spiro atoms. The average Bonchev–Trinajstić information content (AvgIpc) is 3.03. The number of carbonyl (C=O) groups excluding carboxylic acids is 2. The van der Waals surface area contributed by atoms with Crippen molar-refractivity contribution >= 4 is 22.2 Å². The second-order valence-corrected chi connectivity index (χ2v) is 13.0. The Morgan fingerprint density at radius 3 is 1.81 bits per heavy atom. The molecule has 3 aromatic rings. The summed E-state index contributed by atoms with van der Waals surface area (Å²) in [5.74, 6) is -1.78. The molecule has 0 unspecified atom stereocenters. The molecule has 15 heteroatoms. The maximum atomic E-state index is 13.4. The smallest absolute Gasteiger partial charge is 0.416 e. The average molecular weight is 686 g/mol. The van der Waals surface area contributed by atoms with Gasteiger partial charge in [0.2, 0.25) is 0 Å². The van der Waals surface area contributed by atoms with Gasteiger partial charge in [0.15, 0.2) is 0 Å². The first-order chi connectivity index (χ1) is 22.1. The maximum absolute atomic E-state index is 13.4. The number of nitrogens with zero attached hydrogens (tertiary/aromatic N) is 1. The Hall–Kier alpha value is -4.11. The molecule has 1 saturated carbocycles. The molecule has 0 radical (unpaired) electrons. The molecule has 254 valence electrons. The van der Waals surface area contributed by atoms with Gasteiger partial charge < -0.3 is 10.1 Å². The minimum absolute atomic E-state index is 0.0383. The van der Waals surface area contributed by atoms with Crippen LogP contribution in [0.1, 0.15) is 58.3 Å². The van der Waals surface area contributed by atoms with E-state index in [-0.39, 0.29) is 49.7 Å². The summed E-state index contributed by atoms with van der Waals surface area (Å²) in [4.78, 5) is 25.0. The summed E-state index contributed by atoms with van der Waals surface area (Å²) >= 11 is 0. The third kappa shape index (κ3) is 10.7. The molecule has 4 rings (SSSR count). The van der Waals surface area contributed by atoms with Gasteiger partial charge in [-0.3, -0.25) is 4.79 Å². The van der Waals surface area contributed by atoms with Gasteiger partial charge in [-0.15, -0.1) is 0 Å². The first-order valence-electron chi connectivity index (χ1n) is 14.7. The number of carbonyl (C=O) groups is 2. The van der Waals surface area contributed by atoms with Gasteiger partial charge in [0.1, 0.15) is 0 Å². The monoisotopic (exact) mass is 685 g/mol. The van der Waals surface area contributed by atoms with Crippen molar-refractivity contribution in [1.82, 2.24) is 14.3 Å². The van der Waals surface area contributed by atoms with Gasteiger partial charge in [-0.25, -0.2) is 9.52 Å². The Morgan fingerprint density at radius 1 is 0.766 bits per heavy atom. The van der Waals surface area contributed by atoms with Crippen molar-refractivity contribution in [2.75, 3.05) is 13.2 Å². The highest BCUT2D eigenvalue weighted by Gasteiger charge is 2.38. The molecule has 8 nitrogen and oxygen atoms in total. The number of rotatable bonds is 11. The first kappa shape index (κ1) is 35.7. The molecule has 0 bridgehead atoms. The fraction of sp³-hybridized carbons (Fsp3) is 0.375. The highest BCUT2D eigenvalue weighted by Crippen LogP contribution is 2.36. The second-order valence-electron chi connectivity index (χ2n) is 11.3. The van der Waals surface area contributed by atoms with Crippen LogP contribution >= 0.6 is 0 Å². The van der Waals surface area contributed by atoms with Crippen LogP contribution in [0.25, 0.3) is 0 Å². The fourth-order valence-corrected chi connectivity index (χ4v) is 6.45. The van der Waals surface area contributed by atoms with Crippen molar-refractivity contribution in [1.29, 1.82) is 0 Å². The topological polar surface area (TPSA) is 105 Å². The lowest BCUT2D eigenvalue weighted by atomic mass is 9.82. The van der Waals surface area contributed by atoms with Gasteiger partial charge in [-0.1, -0.05) is 60.7 Å². The highest BCUT2D eigenvalue weighted by molar-refractivity contribution is 7.87. The van der Waals surface area contributed by atoms with Gasteiger partial charge in [-0.05, 0) is 66.8 Å². The SMILES string of the molecule is O=C(NCc1ccccc1)OCC1CCC(CN(Cc2ccccc2)S(=O)(=O)NC(=O)c2cc(C(F)(F)F)cc(C(F)(F)F)c2)CC1. The van der Waals surface area contributed by atoms with Crippen LogP contribution in [-0.2, 0) is 40.4 Å². The highest BCUT2D eigenvalue weighted by atomic mass is 32.2. The van der Waals surface area contributed by atoms with E-state index in [4.69, 9.17) is 4.74 Å². The lowest BCUT2D eigenvalue weighted by molar-refractivity contribution is -0.143. The molecule has 1 aliphatic rings. The zero-order valence-electron chi connectivity index (χ0n) is 25.0. The molecule has 1 aliphatic carbocycles. The van der Waals surface area contributed by atoms with Crippen molar-refractivity contribution in [3.8, 4) is 0 Å². The van der Waals surface area contributed by atoms with Crippen LogP contribution in [0.4, 0.5) is 31.1 Å². The summed E-state index contributed by atoms with van der Waals surface area (Å²) in [6.45, 7) is 0.210. The van der Waals surface area contributed by atoms with Crippen LogP contribution in [0.3, 0.4) is 0 Å². The van der Waals surface area contributed by atoms with E-state index in [9.17, 15) is 44.3 Å². The van der Waals surface area contributed by atoms with Gasteiger partial charge in [0.05, 0.1) is 17.7 Å². The van der Waals surface area contributed by atoms with E-state index in [1.807, 2.05) is 30.3 Å². The van der Waals surface area contributed by atoms with Crippen LogP contribution in [-0.4, -0.2) is 37.9 Å². The third-order valence-corrected chi connectivity index (χ3v) is 9.17. The molecule has 0 aromatic heterocycles. The van der Waals surface area contributed by atoms with Crippen LogP contribution in [0.5, 0.6) is 0 Å². The summed E-state index contributed by atoms with van der Waals surface area (Å²) < 4.78 is 115. The van der Waals surface area contributed by atoms with E-state index in [0.29, 0.717) is 37.8 Å². The van der Waals surface area contributed by atoms with Crippen molar-refractivity contribution < 1.29 is 49.1 Å². The number of hydrogen-bond acceptors (Lipinski definition) is 5. The number of nitrogens with one attached hydrogen (secondary N) is 2. The zero-order valence-corrected chi connectivity index (χ0v) is 25.8. The van der Waals surface area contributed by atoms with Crippen LogP contribution in [0, 0.1) is 11.8 Å². The standard InChI is InChI=1S/C32H33F6N3O5S/c33-31(34,35)27-15-26(16-28(17-27)32(36,37)38)29(42)40-47(44,45)41(19-23-9-5-2-6-10-23)20-24-11-13-25(14-12-24)21-46-30(43)39-18-22-7-3-1-4-8-22/h1-10,15-17,24-25H,11-14,18-21H2,(H,39,43)(H,40,42). The van der Waals surface area contributed by atoms with E-state index in [1.165, 1.54) is 0 Å². The summed E-state index contributed by atoms with van der Waals surface area (Å²) in [7, 11) is -4.73. The summed E-state index contributed by atoms with van der Waals surface area (Å²) in [6, 6.07) is 17.8. The number of hydrogen-bond donors (Lipinski definition) is 2. The minimum Gasteiger partial charge on any atom is -0.449 e. The van der Waals surface area contributed by atoms with Crippen LogP contribution in [0.2, 0.25) is 0 Å². The van der Waals surface area contributed by atoms with Crippen molar-refractivity contribution in [2.24, 2.45) is 11.8 Å². The summed E-state index contributed by atoms with van der Waals surface area (Å²) in [5.41, 5.74) is -3.14. The van der Waals surface area contributed by atoms with E-state index in [1.54, 1.807) is 35.1 Å². The minimum atomic E-state index is -5.22. The van der Waals surface area contributed by atoms with Crippen molar-refractivity contribution in [2.45, 2.75) is 51.1 Å². The quantitative estimate of drug-likeness (QED) is 0.213. The van der Waals surface area contributed by atoms with E-state index >= 15 is 0 Å². The molecular formula is C32H33F6N3O5S. The molecule has 0 atom stereocenters. The van der Waals surface area contributed by atoms with E-state index < -0.39 is 51.3 Å². The Morgan fingerprint density at radius 2 is 1.28 bits per heavy atom. The molecule has 2 N–H and O–H groups in total. The van der Waals surface area contributed by atoms with Crippen molar-refractivity contribution in [3.63, 3.8) is 0 Å². The van der Waals surface area contributed by atoms with Gasteiger partial charge in [0, 0.05) is 25.2 Å². The number of benzene rings is 3. The Labute approximate surface area is 268 Å². The van der Waals surface area contributed by atoms with Gasteiger partial charge in [-0.2, -0.15) is 39.1 Å². The molecule has 47 heavy (non-hydrogen) atoms. The molecule has 1 fully saturated rings. The van der Waals surface area contributed by atoms with E-state index in [2.05, 4.69) is 5.32 Å². The fourth-order valence-electron chi connectivity index (χ4n) is 5.24. The Bertz CT molecular complexity index is 1580. The predicted molar refractivity (Wildman–Crippen MR) is 160 cm³/mol. The van der Waals surface area contributed by atoms with Gasteiger partial charge in [0.25, 0.3) is 5.91 Å². The van der Waals surface area contributed by atoms with Crippen LogP contribution in [0.15, 0.2) is 78.9 Å².